The van der Waals surface area contributed by atoms with Crippen molar-refractivity contribution in [3.05, 3.63) is 11.1 Å². The first-order chi connectivity index (χ1) is 7.10. The van der Waals surface area contributed by atoms with Gasteiger partial charge in [0, 0.05) is 5.57 Å². The van der Waals surface area contributed by atoms with Gasteiger partial charge >= 0.3 is 5.97 Å². The van der Waals surface area contributed by atoms with E-state index in [2.05, 4.69) is 19.2 Å². The standard InChI is InChI=1S/C12H23NO2/c1-6-10(7-2)9(4)12(14)15-11(8-3)13-5/h11,13H,6-8H2,1-5H3. The van der Waals surface area contributed by atoms with Crippen molar-refractivity contribution >= 4 is 5.97 Å². The van der Waals surface area contributed by atoms with E-state index in [1.54, 1.807) is 7.05 Å². The van der Waals surface area contributed by atoms with Crippen LogP contribution in [0.15, 0.2) is 11.1 Å². The Morgan fingerprint density at radius 3 is 2.13 bits per heavy atom. The Kier molecular flexibility index (Phi) is 7.05. The molecule has 0 aliphatic heterocycles. The molecule has 3 heteroatoms. The number of carbonyl (C=O) groups excluding carboxylic acids is 1. The average molecular weight is 213 g/mol. The van der Waals surface area contributed by atoms with Crippen LogP contribution in [0.1, 0.15) is 47.0 Å². The van der Waals surface area contributed by atoms with Gasteiger partial charge in [0.15, 0.2) is 6.23 Å². The Balaban J connectivity index is 4.50. The molecule has 0 saturated heterocycles. The van der Waals surface area contributed by atoms with Crippen molar-refractivity contribution in [3.63, 3.8) is 0 Å². The quantitative estimate of drug-likeness (QED) is 0.419. The largest absolute Gasteiger partial charge is 0.443 e. The summed E-state index contributed by atoms with van der Waals surface area (Å²) in [7, 11) is 1.79. The summed E-state index contributed by atoms with van der Waals surface area (Å²) in [4.78, 5) is 11.7. The first kappa shape index (κ1) is 14.2. The van der Waals surface area contributed by atoms with E-state index in [4.69, 9.17) is 4.74 Å². The summed E-state index contributed by atoms with van der Waals surface area (Å²) >= 11 is 0. The maximum atomic E-state index is 11.7. The SMILES string of the molecule is CCC(CC)=C(C)C(=O)OC(CC)NC. The molecule has 0 heterocycles. The van der Waals surface area contributed by atoms with Crippen molar-refractivity contribution in [1.82, 2.24) is 5.32 Å². The van der Waals surface area contributed by atoms with E-state index in [0.29, 0.717) is 0 Å². The van der Waals surface area contributed by atoms with Gasteiger partial charge in [0.2, 0.25) is 0 Å². The van der Waals surface area contributed by atoms with Crippen molar-refractivity contribution in [1.29, 1.82) is 0 Å². The molecule has 0 aromatic rings. The molecule has 0 bridgehead atoms. The lowest BCUT2D eigenvalue weighted by atomic mass is 10.1. The van der Waals surface area contributed by atoms with Gasteiger partial charge in [-0.15, -0.1) is 0 Å². The summed E-state index contributed by atoms with van der Waals surface area (Å²) in [6.45, 7) is 7.94. The lowest BCUT2D eigenvalue weighted by Gasteiger charge is -2.16. The zero-order valence-corrected chi connectivity index (χ0v) is 10.5. The van der Waals surface area contributed by atoms with Crippen LogP contribution in [-0.2, 0) is 9.53 Å². The molecule has 0 aromatic heterocycles. The van der Waals surface area contributed by atoms with Crippen LogP contribution in [0, 0.1) is 0 Å². The molecule has 0 spiro atoms. The zero-order chi connectivity index (χ0) is 11.8. The molecule has 1 N–H and O–H groups in total. The minimum Gasteiger partial charge on any atom is -0.443 e. The Hall–Kier alpha value is -0.830. The van der Waals surface area contributed by atoms with Gasteiger partial charge in [-0.05, 0) is 33.2 Å². The Labute approximate surface area is 92.9 Å². The van der Waals surface area contributed by atoms with Gasteiger partial charge in [-0.3, -0.25) is 5.32 Å². The fourth-order valence-corrected chi connectivity index (χ4v) is 1.49. The van der Waals surface area contributed by atoms with Crippen molar-refractivity contribution in [3.8, 4) is 0 Å². The van der Waals surface area contributed by atoms with E-state index in [0.717, 1.165) is 24.8 Å². The van der Waals surface area contributed by atoms with Gasteiger partial charge < -0.3 is 4.74 Å². The fraction of sp³-hybridized carbons (Fsp3) is 0.750. The van der Waals surface area contributed by atoms with Crippen LogP contribution in [0.5, 0.6) is 0 Å². The molecule has 0 amide bonds. The summed E-state index contributed by atoms with van der Waals surface area (Å²) in [5, 5.41) is 2.95. The molecular weight excluding hydrogens is 190 g/mol. The molecule has 1 unspecified atom stereocenters. The van der Waals surface area contributed by atoms with Crippen LogP contribution in [-0.4, -0.2) is 19.2 Å². The molecule has 0 fully saturated rings. The lowest BCUT2D eigenvalue weighted by Crippen LogP contribution is -2.30. The van der Waals surface area contributed by atoms with E-state index in [1.165, 1.54) is 5.57 Å². The molecule has 0 aromatic carbocycles. The zero-order valence-electron chi connectivity index (χ0n) is 10.5. The summed E-state index contributed by atoms with van der Waals surface area (Å²) in [6.07, 6.45) is 2.42. The van der Waals surface area contributed by atoms with Crippen LogP contribution >= 0.6 is 0 Å². The Morgan fingerprint density at radius 2 is 1.80 bits per heavy atom. The third-order valence-electron chi connectivity index (χ3n) is 2.63. The summed E-state index contributed by atoms with van der Waals surface area (Å²) in [5.41, 5.74) is 1.93. The van der Waals surface area contributed by atoms with Gasteiger partial charge in [0.25, 0.3) is 0 Å². The summed E-state index contributed by atoms with van der Waals surface area (Å²) in [5.74, 6) is -0.199. The maximum absolute atomic E-state index is 11.7. The number of hydrogen-bond acceptors (Lipinski definition) is 3. The number of ether oxygens (including phenoxy) is 1. The first-order valence-electron chi connectivity index (χ1n) is 5.67. The second kappa shape index (κ2) is 7.46. The molecule has 3 nitrogen and oxygen atoms in total. The highest BCUT2D eigenvalue weighted by molar-refractivity contribution is 5.88. The molecule has 1 atom stereocenters. The highest BCUT2D eigenvalue weighted by atomic mass is 16.6. The summed E-state index contributed by atoms with van der Waals surface area (Å²) < 4.78 is 5.29. The van der Waals surface area contributed by atoms with Gasteiger partial charge in [-0.1, -0.05) is 26.3 Å². The van der Waals surface area contributed by atoms with E-state index in [9.17, 15) is 4.79 Å². The number of nitrogens with one attached hydrogen (secondary N) is 1. The lowest BCUT2D eigenvalue weighted by molar-refractivity contribution is -0.145. The molecule has 0 aliphatic rings. The van der Waals surface area contributed by atoms with Gasteiger partial charge in [-0.2, -0.15) is 0 Å². The number of esters is 1. The number of carbonyl (C=O) groups is 1. The molecular formula is C12H23NO2. The Bertz CT molecular complexity index is 224. The number of hydrogen-bond donors (Lipinski definition) is 1. The second-order valence-corrected chi connectivity index (χ2v) is 3.53. The highest BCUT2D eigenvalue weighted by Crippen LogP contribution is 2.14. The van der Waals surface area contributed by atoms with E-state index >= 15 is 0 Å². The van der Waals surface area contributed by atoms with Gasteiger partial charge in [-0.25, -0.2) is 4.79 Å². The first-order valence-corrected chi connectivity index (χ1v) is 5.67. The van der Waals surface area contributed by atoms with Crippen LogP contribution < -0.4 is 5.32 Å². The third kappa shape index (κ3) is 4.47. The van der Waals surface area contributed by atoms with Crippen LogP contribution in [0.3, 0.4) is 0 Å². The second-order valence-electron chi connectivity index (χ2n) is 3.53. The molecule has 15 heavy (non-hydrogen) atoms. The predicted octanol–water partition coefficient (Wildman–Crippen LogP) is 2.62. The maximum Gasteiger partial charge on any atom is 0.335 e. The van der Waals surface area contributed by atoms with E-state index in [-0.39, 0.29) is 12.2 Å². The number of rotatable bonds is 6. The topological polar surface area (TPSA) is 38.3 Å². The van der Waals surface area contributed by atoms with Crippen LogP contribution in [0.4, 0.5) is 0 Å². The van der Waals surface area contributed by atoms with Crippen LogP contribution in [0.2, 0.25) is 0 Å². The molecule has 0 rings (SSSR count). The highest BCUT2D eigenvalue weighted by Gasteiger charge is 2.14. The predicted molar refractivity (Wildman–Crippen MR) is 62.5 cm³/mol. The van der Waals surface area contributed by atoms with Gasteiger partial charge in [0.1, 0.15) is 0 Å². The average Bonchev–Trinajstić information content (AvgIpc) is 2.26. The molecule has 0 saturated carbocycles. The summed E-state index contributed by atoms with van der Waals surface area (Å²) in [6, 6.07) is 0. The van der Waals surface area contributed by atoms with Crippen molar-refractivity contribution in [2.45, 2.75) is 53.2 Å². The van der Waals surface area contributed by atoms with Crippen molar-refractivity contribution < 1.29 is 9.53 Å². The minimum absolute atomic E-state index is 0.178. The van der Waals surface area contributed by atoms with Crippen LogP contribution in [0.25, 0.3) is 0 Å². The van der Waals surface area contributed by atoms with E-state index in [1.807, 2.05) is 13.8 Å². The monoisotopic (exact) mass is 213 g/mol. The smallest absolute Gasteiger partial charge is 0.335 e. The normalized spacial score (nSPS) is 12.1. The van der Waals surface area contributed by atoms with Gasteiger partial charge in [0.05, 0.1) is 0 Å². The van der Waals surface area contributed by atoms with Crippen molar-refractivity contribution in [2.24, 2.45) is 0 Å². The van der Waals surface area contributed by atoms with Crippen molar-refractivity contribution in [2.75, 3.05) is 7.05 Å². The molecule has 0 radical (unpaired) electrons. The Morgan fingerprint density at radius 1 is 1.27 bits per heavy atom. The minimum atomic E-state index is -0.199. The fourth-order valence-electron chi connectivity index (χ4n) is 1.49. The number of allylic oxidation sites excluding steroid dienone is 1. The molecule has 0 aliphatic carbocycles. The third-order valence-corrected chi connectivity index (χ3v) is 2.63. The van der Waals surface area contributed by atoms with E-state index < -0.39 is 0 Å². The molecule has 88 valence electrons.